The van der Waals surface area contributed by atoms with Gasteiger partial charge in [-0.05, 0) is 140 Å². The first-order chi connectivity index (χ1) is 34.0. The van der Waals surface area contributed by atoms with Gasteiger partial charge in [-0.1, -0.05) is 106 Å². The van der Waals surface area contributed by atoms with Crippen LogP contribution in [0.25, 0.3) is 44.0 Å². The van der Waals surface area contributed by atoms with E-state index in [9.17, 15) is 0 Å². The highest BCUT2D eigenvalue weighted by molar-refractivity contribution is 7.22. The summed E-state index contributed by atoms with van der Waals surface area (Å²) in [5, 5.41) is 17.4. The van der Waals surface area contributed by atoms with E-state index in [0.29, 0.717) is 5.41 Å². The summed E-state index contributed by atoms with van der Waals surface area (Å²) in [7, 11) is 2.03. The minimum Gasteiger partial charge on any atom is -0.363 e. The summed E-state index contributed by atoms with van der Waals surface area (Å²) in [6.07, 6.45) is 12.4. The van der Waals surface area contributed by atoms with Gasteiger partial charge in [0.1, 0.15) is 5.82 Å². The quantitative estimate of drug-likeness (QED) is 0.0826. The Labute approximate surface area is 417 Å². The third-order valence-electron chi connectivity index (χ3n) is 15.6. The molecule has 0 radical (unpaired) electrons. The fourth-order valence-corrected chi connectivity index (χ4v) is 13.0. The van der Waals surface area contributed by atoms with Crippen molar-refractivity contribution in [2.45, 2.75) is 77.2 Å². The largest absolute Gasteiger partial charge is 0.363 e. The Morgan fingerprint density at radius 1 is 0.914 bits per heavy atom. The van der Waals surface area contributed by atoms with E-state index in [1.807, 2.05) is 23.9 Å². The molecule has 7 aromatic rings. The molecule has 0 bridgehead atoms. The minimum absolute atomic E-state index is 0.191. The first-order valence-corrected chi connectivity index (χ1v) is 26.0. The first-order valence-electron chi connectivity index (χ1n) is 25.2. The third kappa shape index (κ3) is 8.99. The number of nitrogens with zero attached hydrogens (tertiary/aromatic N) is 6. The molecule has 1 atom stereocenters. The molecule has 70 heavy (non-hydrogen) atoms. The number of allylic oxidation sites excluding steroid dienone is 2. The maximum absolute atomic E-state index is 5.24. The Morgan fingerprint density at radius 3 is 2.59 bits per heavy atom. The molecule has 3 N–H and O–H groups in total. The van der Waals surface area contributed by atoms with Gasteiger partial charge in [-0.3, -0.25) is 9.58 Å². The number of para-hydroxylation sites is 1. The fourth-order valence-electron chi connectivity index (χ4n) is 12.1. The van der Waals surface area contributed by atoms with Crippen LogP contribution in [0.5, 0.6) is 0 Å². The molecular weight excluding hydrogens is 879 g/mol. The van der Waals surface area contributed by atoms with Crippen LogP contribution < -0.4 is 20.9 Å². The predicted molar refractivity (Wildman–Crippen MR) is 294 cm³/mol. The molecule has 4 aromatic carbocycles. The van der Waals surface area contributed by atoms with Crippen LogP contribution in [-0.2, 0) is 26.4 Å². The number of piperidine rings is 1. The number of pyridine rings is 1. The summed E-state index contributed by atoms with van der Waals surface area (Å²) in [5.74, 6) is 2.02. The molecule has 6 heterocycles. The molecular formula is C60H65N9S. The number of likely N-dealkylation sites (tertiary alicyclic amines) is 1. The summed E-state index contributed by atoms with van der Waals surface area (Å²) in [4.78, 5) is 15.0. The lowest BCUT2D eigenvalue weighted by atomic mass is 9.56. The number of hydrogen-bond acceptors (Lipinski definition) is 9. The fraction of sp³-hybridized carbons (Fsp3) is 0.317. The zero-order valence-corrected chi connectivity index (χ0v) is 41.7. The SMILES string of the molecule is C=Cc1nc(N2CCc3cccc(C(=C)Nc4nc5ccccc5s4)c3C2)ccc1-c1cccc(CCCCC2CC3(C2)CN(CC(=C)Nc2ccc4c(C5CCC(=C)NC5=C)nn(C)c4c2)C3)c1C. The van der Waals surface area contributed by atoms with Crippen LogP contribution in [0.4, 0.5) is 16.6 Å². The van der Waals surface area contributed by atoms with Gasteiger partial charge >= 0.3 is 0 Å². The Kier molecular flexibility index (Phi) is 12.3. The lowest BCUT2D eigenvalue weighted by Crippen LogP contribution is -2.62. The van der Waals surface area contributed by atoms with Crippen molar-refractivity contribution < 1.29 is 0 Å². The molecule has 2 saturated heterocycles. The molecule has 3 aliphatic heterocycles. The van der Waals surface area contributed by atoms with E-state index in [0.717, 1.165) is 129 Å². The molecule has 3 fully saturated rings. The van der Waals surface area contributed by atoms with E-state index in [2.05, 4.69) is 150 Å². The van der Waals surface area contributed by atoms with Gasteiger partial charge in [0, 0.05) is 90.7 Å². The predicted octanol–water partition coefficient (Wildman–Crippen LogP) is 13.4. The van der Waals surface area contributed by atoms with E-state index < -0.39 is 0 Å². The summed E-state index contributed by atoms with van der Waals surface area (Å²) in [6.45, 7) is 28.7. The molecule has 356 valence electrons. The minimum atomic E-state index is 0.191. The van der Waals surface area contributed by atoms with Crippen molar-refractivity contribution in [3.05, 3.63) is 180 Å². The molecule has 0 amide bonds. The number of rotatable bonds is 16. The topological polar surface area (TPSA) is 86.2 Å². The van der Waals surface area contributed by atoms with Gasteiger partial charge in [0.2, 0.25) is 0 Å². The maximum atomic E-state index is 5.24. The van der Waals surface area contributed by atoms with Gasteiger partial charge in [-0.2, -0.15) is 5.10 Å². The number of thiazole rings is 1. The molecule has 10 heteroatoms. The van der Waals surface area contributed by atoms with Crippen molar-refractivity contribution >= 4 is 60.9 Å². The summed E-state index contributed by atoms with van der Waals surface area (Å²) in [6, 6.07) is 32.6. The molecule has 1 unspecified atom stereocenters. The van der Waals surface area contributed by atoms with Crippen molar-refractivity contribution in [3.63, 3.8) is 0 Å². The number of benzene rings is 4. The molecule has 3 aromatic heterocycles. The zero-order valence-electron chi connectivity index (χ0n) is 40.9. The second-order valence-corrected chi connectivity index (χ2v) is 21.6. The van der Waals surface area contributed by atoms with Gasteiger partial charge < -0.3 is 20.9 Å². The van der Waals surface area contributed by atoms with Crippen molar-refractivity contribution in [2.75, 3.05) is 41.7 Å². The van der Waals surface area contributed by atoms with E-state index in [-0.39, 0.29) is 5.92 Å². The van der Waals surface area contributed by atoms with Crippen molar-refractivity contribution in [2.24, 2.45) is 18.4 Å². The Balaban J connectivity index is 0.643. The van der Waals surface area contributed by atoms with Crippen LogP contribution in [0, 0.1) is 18.3 Å². The number of unbranched alkanes of at least 4 members (excludes halogenated alkanes) is 1. The van der Waals surface area contributed by atoms with Crippen LogP contribution in [0.3, 0.4) is 0 Å². The Hall–Kier alpha value is -6.75. The molecule has 1 spiro atoms. The lowest BCUT2D eigenvalue weighted by Gasteiger charge is -2.59. The molecule has 9 nitrogen and oxygen atoms in total. The molecule has 4 aliphatic rings. The number of nitrogens with one attached hydrogen (secondary N) is 3. The highest BCUT2D eigenvalue weighted by Crippen LogP contribution is 2.53. The summed E-state index contributed by atoms with van der Waals surface area (Å²) >= 11 is 1.65. The highest BCUT2D eigenvalue weighted by Gasteiger charge is 2.51. The maximum Gasteiger partial charge on any atom is 0.188 e. The van der Waals surface area contributed by atoms with E-state index in [4.69, 9.17) is 15.1 Å². The standard InChI is InChI=1S/C60H65N9S/c1-8-53-50(27-28-57(64-53)69-30-29-45-18-14-20-48(52(45)35-69)41(5)63-59-65-54-21-11-12-22-56(54)70-59)47-19-13-17-44(40(47)4)16-10-9-15-43-32-60(33-43)36-68(37-60)34-39(3)62-46-24-26-51-55(31-46)67(7)66-58(51)49-25-23-38(2)61-42(49)6/h8,11-14,17-22,24,26-28,31,43,49,61-62H,1-3,5-6,9-10,15-16,23,25,29-30,32-37H2,4,7H3,(H,63,65). The lowest BCUT2D eigenvalue weighted by molar-refractivity contribution is -0.0918. The van der Waals surface area contributed by atoms with Crippen LogP contribution in [0.1, 0.15) is 90.1 Å². The molecule has 11 rings (SSSR count). The van der Waals surface area contributed by atoms with Crippen LogP contribution >= 0.6 is 11.3 Å². The van der Waals surface area contributed by atoms with E-state index in [1.54, 1.807) is 11.3 Å². The van der Waals surface area contributed by atoms with Crippen LogP contribution in [0.15, 0.2) is 141 Å². The Bertz CT molecular complexity index is 3180. The van der Waals surface area contributed by atoms with Crippen LogP contribution in [-0.4, -0.2) is 50.8 Å². The number of aromatic nitrogens is 4. The van der Waals surface area contributed by atoms with Gasteiger partial charge in [0.15, 0.2) is 5.13 Å². The van der Waals surface area contributed by atoms with Gasteiger partial charge in [-0.25, -0.2) is 9.97 Å². The monoisotopic (exact) mass is 944 g/mol. The highest BCUT2D eigenvalue weighted by atomic mass is 32.1. The van der Waals surface area contributed by atoms with E-state index >= 15 is 0 Å². The second-order valence-electron chi connectivity index (χ2n) is 20.6. The van der Waals surface area contributed by atoms with Gasteiger partial charge in [-0.15, -0.1) is 0 Å². The average Bonchev–Trinajstić information content (AvgIpc) is 3.90. The third-order valence-corrected chi connectivity index (χ3v) is 16.6. The number of anilines is 3. The smallest absolute Gasteiger partial charge is 0.188 e. The summed E-state index contributed by atoms with van der Waals surface area (Å²) in [5.41, 5.74) is 18.6. The number of hydrogen-bond donors (Lipinski definition) is 3. The van der Waals surface area contributed by atoms with Crippen LogP contribution in [0.2, 0.25) is 0 Å². The van der Waals surface area contributed by atoms with Crippen molar-refractivity contribution in [1.29, 1.82) is 0 Å². The van der Waals surface area contributed by atoms with Gasteiger partial charge in [0.25, 0.3) is 0 Å². The van der Waals surface area contributed by atoms with Crippen molar-refractivity contribution in [3.8, 4) is 11.1 Å². The van der Waals surface area contributed by atoms with Crippen molar-refractivity contribution in [1.82, 2.24) is 30.0 Å². The average molecular weight is 944 g/mol. The zero-order chi connectivity index (χ0) is 48.1. The first kappa shape index (κ1) is 45.7. The Morgan fingerprint density at radius 2 is 1.76 bits per heavy atom. The summed E-state index contributed by atoms with van der Waals surface area (Å²) < 4.78 is 3.15. The number of fused-ring (bicyclic) bond motifs is 3. The van der Waals surface area contributed by atoms with E-state index in [1.165, 1.54) is 78.4 Å². The van der Waals surface area contributed by atoms with Gasteiger partial charge in [0.05, 0.1) is 27.1 Å². The second kappa shape index (κ2) is 18.9. The number of aryl methyl sites for hydroxylation is 2. The molecule has 1 aliphatic carbocycles. The normalized spacial score (nSPS) is 17.8. The molecule has 1 saturated carbocycles.